The fourth-order valence-corrected chi connectivity index (χ4v) is 3.64. The van der Waals surface area contributed by atoms with E-state index in [-0.39, 0.29) is 17.9 Å². The van der Waals surface area contributed by atoms with E-state index in [9.17, 15) is 9.59 Å². The number of thiophene rings is 1. The Labute approximate surface area is 161 Å². The first-order valence-corrected chi connectivity index (χ1v) is 9.48. The number of likely N-dealkylation sites (tertiary alicyclic amines) is 1. The maximum atomic E-state index is 12.5. The first kappa shape index (κ1) is 18.9. The second-order valence-electron chi connectivity index (χ2n) is 6.51. The molecule has 0 atom stereocenters. The SMILES string of the molecule is CN(C)C(=O)c1ccc(OC2CCN(C(=O)c3cc(C#N)cs3)CC2)nc1. The van der Waals surface area contributed by atoms with Gasteiger partial charge in [0.1, 0.15) is 12.2 Å². The van der Waals surface area contributed by atoms with Gasteiger partial charge in [0.05, 0.1) is 16.0 Å². The van der Waals surface area contributed by atoms with Crippen LogP contribution in [0.1, 0.15) is 38.4 Å². The number of hydrogen-bond acceptors (Lipinski definition) is 6. The molecular formula is C19H20N4O3S. The average Bonchev–Trinajstić information content (AvgIpc) is 3.17. The van der Waals surface area contributed by atoms with E-state index in [1.165, 1.54) is 22.4 Å². The van der Waals surface area contributed by atoms with Crippen molar-refractivity contribution in [2.24, 2.45) is 0 Å². The van der Waals surface area contributed by atoms with Crippen molar-refractivity contribution in [3.63, 3.8) is 0 Å². The molecule has 27 heavy (non-hydrogen) atoms. The summed E-state index contributed by atoms with van der Waals surface area (Å²) in [6.45, 7) is 1.20. The van der Waals surface area contributed by atoms with E-state index >= 15 is 0 Å². The van der Waals surface area contributed by atoms with Crippen LogP contribution in [0, 0.1) is 11.3 Å². The molecule has 1 fully saturated rings. The molecule has 2 aromatic rings. The number of nitriles is 1. The van der Waals surface area contributed by atoms with Crippen molar-refractivity contribution in [1.29, 1.82) is 5.26 Å². The third-order valence-corrected chi connectivity index (χ3v) is 5.26. The molecule has 0 spiro atoms. The molecule has 0 radical (unpaired) electrons. The normalized spacial score (nSPS) is 14.5. The Hall–Kier alpha value is -2.92. The van der Waals surface area contributed by atoms with Crippen molar-refractivity contribution < 1.29 is 14.3 Å². The molecule has 0 saturated carbocycles. The maximum absolute atomic E-state index is 12.5. The van der Waals surface area contributed by atoms with Crippen LogP contribution in [0.3, 0.4) is 0 Å². The second kappa shape index (κ2) is 8.18. The number of rotatable bonds is 4. The molecule has 2 amide bonds. The van der Waals surface area contributed by atoms with Crippen molar-refractivity contribution in [3.05, 3.63) is 45.8 Å². The van der Waals surface area contributed by atoms with Crippen molar-refractivity contribution in [2.45, 2.75) is 18.9 Å². The summed E-state index contributed by atoms with van der Waals surface area (Å²) in [4.78, 5) is 32.5. The highest BCUT2D eigenvalue weighted by atomic mass is 32.1. The number of aromatic nitrogens is 1. The van der Waals surface area contributed by atoms with Crippen LogP contribution in [0.5, 0.6) is 5.88 Å². The van der Waals surface area contributed by atoms with Crippen LogP contribution in [0.4, 0.5) is 0 Å². The first-order valence-electron chi connectivity index (χ1n) is 8.60. The van der Waals surface area contributed by atoms with Gasteiger partial charge in [-0.2, -0.15) is 5.26 Å². The summed E-state index contributed by atoms with van der Waals surface area (Å²) in [6, 6.07) is 7.08. The Morgan fingerprint density at radius 3 is 2.63 bits per heavy atom. The van der Waals surface area contributed by atoms with Gasteiger partial charge in [0.15, 0.2) is 0 Å². The highest BCUT2D eigenvalue weighted by Crippen LogP contribution is 2.21. The van der Waals surface area contributed by atoms with E-state index in [2.05, 4.69) is 4.98 Å². The fraction of sp³-hybridized carbons (Fsp3) is 0.368. The summed E-state index contributed by atoms with van der Waals surface area (Å²) in [5, 5.41) is 10.6. The molecule has 0 unspecified atom stereocenters. The Balaban J connectivity index is 1.53. The van der Waals surface area contributed by atoms with Crippen LogP contribution >= 0.6 is 11.3 Å². The van der Waals surface area contributed by atoms with Crippen LogP contribution in [0.15, 0.2) is 29.8 Å². The van der Waals surface area contributed by atoms with Crippen molar-refractivity contribution in [2.75, 3.05) is 27.2 Å². The van der Waals surface area contributed by atoms with Gasteiger partial charge in [-0.1, -0.05) is 0 Å². The molecule has 1 aliphatic heterocycles. The third-order valence-electron chi connectivity index (χ3n) is 4.35. The third kappa shape index (κ3) is 4.44. The molecule has 3 rings (SSSR count). The second-order valence-corrected chi connectivity index (χ2v) is 7.42. The summed E-state index contributed by atoms with van der Waals surface area (Å²) in [5.41, 5.74) is 1.03. The highest BCUT2D eigenvalue weighted by Gasteiger charge is 2.26. The number of carbonyl (C=O) groups is 2. The van der Waals surface area contributed by atoms with Gasteiger partial charge in [0.2, 0.25) is 5.88 Å². The molecule has 3 heterocycles. The summed E-state index contributed by atoms with van der Waals surface area (Å²) in [7, 11) is 3.39. The number of nitrogens with zero attached hydrogens (tertiary/aromatic N) is 4. The Morgan fingerprint density at radius 2 is 2.07 bits per heavy atom. The smallest absolute Gasteiger partial charge is 0.263 e. The van der Waals surface area contributed by atoms with Gasteiger partial charge in [-0.3, -0.25) is 9.59 Å². The van der Waals surface area contributed by atoms with Gasteiger partial charge in [-0.25, -0.2) is 4.98 Å². The largest absolute Gasteiger partial charge is 0.474 e. The lowest BCUT2D eigenvalue weighted by atomic mass is 10.1. The van der Waals surface area contributed by atoms with Crippen LogP contribution in [0.25, 0.3) is 0 Å². The Kier molecular flexibility index (Phi) is 5.72. The van der Waals surface area contributed by atoms with Crippen LogP contribution in [-0.4, -0.2) is 59.9 Å². The number of ether oxygens (including phenoxy) is 1. The topological polar surface area (TPSA) is 86.5 Å². The van der Waals surface area contributed by atoms with Crippen molar-refractivity contribution in [1.82, 2.24) is 14.8 Å². The first-order chi connectivity index (χ1) is 13.0. The minimum absolute atomic E-state index is 0.0186. The molecule has 1 aliphatic rings. The van der Waals surface area contributed by atoms with E-state index in [1.54, 1.807) is 42.6 Å². The summed E-state index contributed by atoms with van der Waals surface area (Å²) in [6.07, 6.45) is 2.92. The maximum Gasteiger partial charge on any atom is 0.263 e. The molecule has 8 heteroatoms. The Bertz CT molecular complexity index is 862. The van der Waals surface area contributed by atoms with E-state index in [1.807, 2.05) is 6.07 Å². The van der Waals surface area contributed by atoms with Crippen LogP contribution in [-0.2, 0) is 0 Å². The number of piperidine rings is 1. The number of amides is 2. The standard InChI is InChI=1S/C19H20N4O3S/c1-22(2)18(24)14-3-4-17(21-11-14)26-15-5-7-23(8-6-15)19(25)16-9-13(10-20)12-27-16/h3-4,9,11-12,15H,5-8H2,1-2H3. The van der Waals surface area contributed by atoms with Crippen LogP contribution < -0.4 is 4.74 Å². The van der Waals surface area contributed by atoms with Gasteiger partial charge >= 0.3 is 0 Å². The minimum atomic E-state index is -0.103. The summed E-state index contributed by atoms with van der Waals surface area (Å²) >= 11 is 1.30. The van der Waals surface area contributed by atoms with Gasteiger partial charge in [-0.15, -0.1) is 11.3 Å². The van der Waals surface area contributed by atoms with Crippen molar-refractivity contribution in [3.8, 4) is 11.9 Å². The van der Waals surface area contributed by atoms with Gasteiger partial charge in [0, 0.05) is 57.7 Å². The van der Waals surface area contributed by atoms with Crippen LogP contribution in [0.2, 0.25) is 0 Å². The predicted molar refractivity (Wildman–Crippen MR) is 101 cm³/mol. The summed E-state index contributed by atoms with van der Waals surface area (Å²) in [5.74, 6) is 0.339. The Morgan fingerprint density at radius 1 is 1.33 bits per heavy atom. The van der Waals surface area contributed by atoms with Gasteiger partial charge in [0.25, 0.3) is 11.8 Å². The zero-order valence-electron chi connectivity index (χ0n) is 15.2. The lowest BCUT2D eigenvalue weighted by Gasteiger charge is -2.31. The van der Waals surface area contributed by atoms with E-state index in [0.717, 1.165) is 0 Å². The lowest BCUT2D eigenvalue weighted by molar-refractivity contribution is 0.0592. The molecule has 2 aromatic heterocycles. The number of carbonyl (C=O) groups excluding carboxylic acids is 2. The molecule has 140 valence electrons. The molecule has 0 aliphatic carbocycles. The van der Waals surface area contributed by atoms with E-state index in [4.69, 9.17) is 10.00 Å². The van der Waals surface area contributed by atoms with Gasteiger partial charge < -0.3 is 14.5 Å². The van der Waals surface area contributed by atoms with Crippen molar-refractivity contribution >= 4 is 23.2 Å². The monoisotopic (exact) mass is 384 g/mol. The molecule has 0 bridgehead atoms. The highest BCUT2D eigenvalue weighted by molar-refractivity contribution is 7.12. The zero-order valence-corrected chi connectivity index (χ0v) is 16.0. The zero-order chi connectivity index (χ0) is 19.4. The molecule has 0 N–H and O–H groups in total. The quantitative estimate of drug-likeness (QED) is 0.808. The molecule has 1 saturated heterocycles. The average molecular weight is 384 g/mol. The summed E-state index contributed by atoms with van der Waals surface area (Å²) < 4.78 is 5.89. The number of pyridine rings is 1. The van der Waals surface area contributed by atoms with E-state index in [0.29, 0.717) is 47.8 Å². The van der Waals surface area contributed by atoms with Gasteiger partial charge in [-0.05, 0) is 12.1 Å². The molecule has 0 aromatic carbocycles. The van der Waals surface area contributed by atoms with E-state index < -0.39 is 0 Å². The lowest BCUT2D eigenvalue weighted by Crippen LogP contribution is -2.41. The molecular weight excluding hydrogens is 364 g/mol. The predicted octanol–water partition coefficient (Wildman–Crippen LogP) is 2.40. The fourth-order valence-electron chi connectivity index (χ4n) is 2.85. The minimum Gasteiger partial charge on any atom is -0.474 e. The number of hydrogen-bond donors (Lipinski definition) is 0. The molecule has 7 nitrogen and oxygen atoms in total.